The van der Waals surface area contributed by atoms with Crippen molar-refractivity contribution >= 4 is 17.6 Å². The van der Waals surface area contributed by atoms with Crippen LogP contribution in [0.2, 0.25) is 0 Å². The predicted molar refractivity (Wildman–Crippen MR) is 44.3 cm³/mol. The van der Waals surface area contributed by atoms with Crippen LogP contribution in [-0.4, -0.2) is 14.2 Å². The molecule has 0 atom stereocenters. The Morgan fingerprint density at radius 1 is 1.67 bits per heavy atom. The van der Waals surface area contributed by atoms with Crippen molar-refractivity contribution in [3.05, 3.63) is 16.6 Å². The van der Waals surface area contributed by atoms with Crippen molar-refractivity contribution in [1.29, 1.82) is 0 Å². The van der Waals surface area contributed by atoms with Gasteiger partial charge in [0.05, 0.1) is 11.7 Å². The summed E-state index contributed by atoms with van der Waals surface area (Å²) in [6.07, 6.45) is 4.12. The van der Waals surface area contributed by atoms with Gasteiger partial charge in [-0.25, -0.2) is 0 Å². The Labute approximate surface area is 73.1 Å². The summed E-state index contributed by atoms with van der Waals surface area (Å²) < 4.78 is 4.80. The second-order valence-corrected chi connectivity index (χ2v) is 3.65. The number of rotatable bonds is 1. The molecular weight excluding hydrogens is 176 g/mol. The maximum Gasteiger partial charge on any atom is 0.287 e. The Kier molecular flexibility index (Phi) is 1.80. The molecule has 1 aromatic rings. The molecule has 0 aliphatic heterocycles. The van der Waals surface area contributed by atoms with Crippen LogP contribution in [-0.2, 0) is 0 Å². The first-order valence-corrected chi connectivity index (χ1v) is 4.60. The molecule has 12 heavy (non-hydrogen) atoms. The van der Waals surface area contributed by atoms with Gasteiger partial charge in [-0.1, -0.05) is 6.42 Å². The molecule has 1 aliphatic rings. The number of nitrogens with zero attached hydrogens (tertiary/aromatic N) is 2. The van der Waals surface area contributed by atoms with Gasteiger partial charge < -0.3 is 0 Å². The minimum absolute atomic E-state index is 0.0724. The molecule has 0 spiro atoms. The number of carbonyl (C=O) groups is 1. The average Bonchev–Trinajstić information content (AvgIpc) is 2.31. The highest BCUT2D eigenvalue weighted by atomic mass is 32.1. The van der Waals surface area contributed by atoms with Crippen molar-refractivity contribution < 1.29 is 4.79 Å². The van der Waals surface area contributed by atoms with E-state index < -0.39 is 0 Å². The first-order chi connectivity index (χ1) is 5.79. The lowest BCUT2D eigenvalue weighted by Gasteiger charge is -2.22. The largest absolute Gasteiger partial charge is 0.287 e. The van der Waals surface area contributed by atoms with Crippen LogP contribution >= 0.6 is 11.7 Å². The van der Waals surface area contributed by atoms with Gasteiger partial charge in [-0.3, -0.25) is 9.59 Å². The summed E-state index contributed by atoms with van der Waals surface area (Å²) >= 11 is 0.940. The van der Waals surface area contributed by atoms with Gasteiger partial charge in [0.2, 0.25) is 5.91 Å². The quantitative estimate of drug-likeness (QED) is 0.647. The van der Waals surface area contributed by atoms with Gasteiger partial charge in [-0.2, -0.15) is 8.33 Å². The van der Waals surface area contributed by atoms with Crippen molar-refractivity contribution in [3.63, 3.8) is 0 Å². The zero-order chi connectivity index (χ0) is 8.55. The van der Waals surface area contributed by atoms with Gasteiger partial charge in [-0.15, -0.1) is 0 Å². The molecule has 0 N–H and O–H groups in total. The summed E-state index contributed by atoms with van der Waals surface area (Å²) in [5, 5.41) is 0. The van der Waals surface area contributed by atoms with Gasteiger partial charge in [0, 0.05) is 5.92 Å². The fourth-order valence-corrected chi connectivity index (χ4v) is 1.77. The molecule has 2 rings (SSSR count). The minimum atomic E-state index is -0.295. The Hall–Kier alpha value is -0.970. The third kappa shape index (κ3) is 1.10. The van der Waals surface area contributed by atoms with Crippen molar-refractivity contribution in [3.8, 4) is 0 Å². The van der Waals surface area contributed by atoms with Crippen LogP contribution in [0.1, 0.15) is 24.1 Å². The van der Waals surface area contributed by atoms with E-state index in [1.165, 1.54) is 6.20 Å². The average molecular weight is 184 g/mol. The van der Waals surface area contributed by atoms with E-state index >= 15 is 0 Å². The van der Waals surface area contributed by atoms with E-state index in [4.69, 9.17) is 0 Å². The van der Waals surface area contributed by atoms with E-state index in [2.05, 4.69) is 4.37 Å². The second kappa shape index (κ2) is 2.82. The summed E-state index contributed by atoms with van der Waals surface area (Å²) in [6.45, 7) is 0. The summed E-state index contributed by atoms with van der Waals surface area (Å²) in [7, 11) is 0. The van der Waals surface area contributed by atoms with Crippen molar-refractivity contribution in [2.45, 2.75) is 19.3 Å². The second-order valence-electron chi connectivity index (χ2n) is 2.91. The highest BCUT2D eigenvalue weighted by Gasteiger charge is 2.27. The number of hydrogen-bond acceptors (Lipinski definition) is 4. The van der Waals surface area contributed by atoms with E-state index in [1.54, 1.807) is 0 Å². The van der Waals surface area contributed by atoms with Gasteiger partial charge in [-0.05, 0) is 12.8 Å². The van der Waals surface area contributed by atoms with Crippen LogP contribution < -0.4 is 5.56 Å². The summed E-state index contributed by atoms with van der Waals surface area (Å²) in [4.78, 5) is 22.4. The fraction of sp³-hybridized carbons (Fsp3) is 0.571. The lowest BCUT2D eigenvalue weighted by Crippen LogP contribution is -2.31. The van der Waals surface area contributed by atoms with Crippen molar-refractivity contribution in [2.24, 2.45) is 5.92 Å². The van der Waals surface area contributed by atoms with E-state index in [0.717, 1.165) is 34.9 Å². The molecule has 0 bridgehead atoms. The van der Waals surface area contributed by atoms with Gasteiger partial charge in [0.15, 0.2) is 0 Å². The fourth-order valence-electron chi connectivity index (χ4n) is 1.18. The Balaban J connectivity index is 2.24. The Morgan fingerprint density at radius 2 is 2.42 bits per heavy atom. The Bertz CT molecular complexity index is 350. The molecule has 0 amide bonds. The van der Waals surface area contributed by atoms with E-state index in [1.807, 2.05) is 0 Å². The first kappa shape index (κ1) is 7.67. The zero-order valence-corrected chi connectivity index (χ0v) is 7.21. The monoisotopic (exact) mass is 184 g/mol. The molecule has 1 aromatic heterocycles. The number of aromatic nitrogens is 2. The highest BCUT2D eigenvalue weighted by Crippen LogP contribution is 2.27. The van der Waals surface area contributed by atoms with Crippen LogP contribution in [0, 0.1) is 5.92 Å². The van der Waals surface area contributed by atoms with Gasteiger partial charge >= 0.3 is 0 Å². The molecule has 0 radical (unpaired) electrons. The maximum atomic E-state index is 11.4. The number of carbonyl (C=O) groups excluding carboxylic acids is 1. The third-order valence-electron chi connectivity index (χ3n) is 2.15. The van der Waals surface area contributed by atoms with Crippen LogP contribution in [0.4, 0.5) is 0 Å². The van der Waals surface area contributed by atoms with Crippen molar-refractivity contribution in [2.75, 3.05) is 0 Å². The predicted octanol–water partition coefficient (Wildman–Crippen LogP) is 0.745. The van der Waals surface area contributed by atoms with Gasteiger partial charge in [0.25, 0.3) is 5.56 Å². The third-order valence-corrected chi connectivity index (χ3v) is 2.87. The molecule has 0 saturated heterocycles. The standard InChI is InChI=1S/C7H8N2O2S/c10-6-4-8-12-9(6)7(11)5-2-1-3-5/h4-5H,1-3H2. The summed E-state index contributed by atoms with van der Waals surface area (Å²) in [5.41, 5.74) is -0.295. The molecule has 64 valence electrons. The molecule has 1 saturated carbocycles. The van der Waals surface area contributed by atoms with E-state index in [0.29, 0.717) is 0 Å². The topological polar surface area (TPSA) is 52.0 Å². The molecule has 5 heteroatoms. The SMILES string of the molecule is O=C(C1CCC1)n1sncc1=O. The summed E-state index contributed by atoms with van der Waals surface area (Å²) in [6, 6.07) is 0. The molecule has 4 nitrogen and oxygen atoms in total. The molecular formula is C7H8N2O2S. The molecule has 1 aliphatic carbocycles. The van der Waals surface area contributed by atoms with E-state index in [9.17, 15) is 9.59 Å². The molecule has 0 aromatic carbocycles. The smallest absolute Gasteiger partial charge is 0.273 e. The van der Waals surface area contributed by atoms with Crippen LogP contribution in [0.3, 0.4) is 0 Å². The molecule has 0 unspecified atom stereocenters. The lowest BCUT2D eigenvalue weighted by atomic mass is 9.85. The maximum absolute atomic E-state index is 11.4. The van der Waals surface area contributed by atoms with Crippen LogP contribution in [0.15, 0.2) is 11.0 Å². The van der Waals surface area contributed by atoms with Crippen LogP contribution in [0.5, 0.6) is 0 Å². The van der Waals surface area contributed by atoms with Crippen LogP contribution in [0.25, 0.3) is 0 Å². The zero-order valence-electron chi connectivity index (χ0n) is 6.40. The summed E-state index contributed by atoms with van der Waals surface area (Å²) in [5.74, 6) is -0.00287. The van der Waals surface area contributed by atoms with E-state index in [-0.39, 0.29) is 17.4 Å². The number of hydrogen-bond donors (Lipinski definition) is 0. The lowest BCUT2D eigenvalue weighted by molar-refractivity contribution is 0.0775. The normalized spacial score (nSPS) is 17.3. The minimum Gasteiger partial charge on any atom is -0.273 e. The van der Waals surface area contributed by atoms with Crippen molar-refractivity contribution in [1.82, 2.24) is 8.33 Å². The molecule has 1 heterocycles. The molecule has 1 fully saturated rings. The Morgan fingerprint density at radius 3 is 2.83 bits per heavy atom. The van der Waals surface area contributed by atoms with Gasteiger partial charge in [0.1, 0.15) is 6.20 Å². The first-order valence-electron chi connectivity index (χ1n) is 3.87. The highest BCUT2D eigenvalue weighted by molar-refractivity contribution is 7.01.